The summed E-state index contributed by atoms with van der Waals surface area (Å²) in [6.45, 7) is 6.28. The number of benzene rings is 1. The van der Waals surface area contributed by atoms with Gasteiger partial charge in [0.15, 0.2) is 11.6 Å². The molecule has 2 aliphatic rings. The molecule has 2 fully saturated rings. The number of hydrogen-bond acceptors (Lipinski definition) is 7. The fraction of sp³-hybridized carbons (Fsp3) is 0.370. The van der Waals surface area contributed by atoms with Crippen molar-refractivity contribution in [3.05, 3.63) is 54.4 Å². The van der Waals surface area contributed by atoms with E-state index in [9.17, 15) is 4.79 Å². The van der Waals surface area contributed by atoms with Crippen LogP contribution in [0.4, 0.5) is 14.9 Å². The summed E-state index contributed by atoms with van der Waals surface area (Å²) in [5.74, 6) is 0.215. The van der Waals surface area contributed by atoms with Crippen molar-refractivity contribution in [2.45, 2.75) is 25.3 Å². The molecule has 4 heterocycles. The Kier molecular flexibility index (Phi) is 6.73. The van der Waals surface area contributed by atoms with Gasteiger partial charge in [-0.3, -0.25) is 9.88 Å². The lowest BCUT2D eigenvalue weighted by Gasteiger charge is -2.32. The van der Waals surface area contributed by atoms with Crippen LogP contribution >= 0.6 is 11.3 Å². The van der Waals surface area contributed by atoms with Crippen molar-refractivity contribution < 1.29 is 13.9 Å². The number of rotatable bonds is 8. The molecule has 38 heavy (non-hydrogen) atoms. The van der Waals surface area contributed by atoms with E-state index in [0.29, 0.717) is 17.0 Å². The van der Waals surface area contributed by atoms with Gasteiger partial charge >= 0.3 is 6.03 Å². The highest BCUT2D eigenvalue weighted by molar-refractivity contribution is 7.22. The number of piperazine rings is 1. The number of carbonyl (C=O) groups excluding carboxylic acids is 1. The molecule has 3 aromatic heterocycles. The molecule has 0 atom stereocenters. The number of anilines is 1. The van der Waals surface area contributed by atoms with Gasteiger partial charge in [0, 0.05) is 69.0 Å². The molecule has 0 unspecified atom stereocenters. The number of carbonyl (C=O) groups is 1. The number of pyridine rings is 1. The Morgan fingerprint density at radius 1 is 1.16 bits per heavy atom. The average molecular weight is 536 g/mol. The van der Waals surface area contributed by atoms with Gasteiger partial charge in [0.2, 0.25) is 0 Å². The number of amides is 2. The number of imidazole rings is 1. The van der Waals surface area contributed by atoms with Crippen LogP contribution in [0.1, 0.15) is 24.3 Å². The summed E-state index contributed by atoms with van der Waals surface area (Å²) < 4.78 is 24.5. The van der Waals surface area contributed by atoms with Crippen LogP contribution in [0.3, 0.4) is 0 Å². The minimum absolute atomic E-state index is 0.0533. The van der Waals surface area contributed by atoms with Crippen molar-refractivity contribution in [3.63, 3.8) is 0 Å². The highest BCUT2D eigenvalue weighted by Crippen LogP contribution is 2.47. The number of fused-ring (bicyclic) bond motifs is 1. The monoisotopic (exact) mass is 535 g/mol. The van der Waals surface area contributed by atoms with E-state index in [1.807, 2.05) is 12.4 Å². The number of urea groups is 1. The summed E-state index contributed by atoms with van der Waals surface area (Å²) in [6, 6.07) is 6.18. The van der Waals surface area contributed by atoms with Crippen molar-refractivity contribution in [1.29, 1.82) is 0 Å². The highest BCUT2D eigenvalue weighted by Gasteiger charge is 2.31. The van der Waals surface area contributed by atoms with Crippen LogP contribution in [0, 0.1) is 5.82 Å². The van der Waals surface area contributed by atoms with Gasteiger partial charge in [0.1, 0.15) is 5.75 Å². The van der Waals surface area contributed by atoms with E-state index in [-0.39, 0.29) is 11.7 Å². The Bertz CT molecular complexity index is 1470. The van der Waals surface area contributed by atoms with Gasteiger partial charge in [-0.25, -0.2) is 14.2 Å². The Morgan fingerprint density at radius 2 is 1.97 bits per heavy atom. The van der Waals surface area contributed by atoms with Crippen molar-refractivity contribution >= 4 is 33.3 Å². The molecule has 6 rings (SSSR count). The first-order valence-electron chi connectivity index (χ1n) is 12.8. The Balaban J connectivity index is 1.21. The van der Waals surface area contributed by atoms with Crippen LogP contribution in [-0.2, 0) is 6.54 Å². The third-order valence-corrected chi connectivity index (χ3v) is 8.30. The molecule has 1 saturated heterocycles. The smallest absolute Gasteiger partial charge is 0.316 e. The van der Waals surface area contributed by atoms with E-state index in [1.54, 1.807) is 18.3 Å². The standard InChI is InChI=1S/C27H30FN7O2S/c1-33-8-10-34(11-9-33)12-13-35-15-20(31-16-35)23-14-19-26(38-23)22(6-7-30-19)37-21-5-4-18(32-27(29)36)24(25(21)28)17-2-3-17/h4-7,14-17H,2-3,8-13H2,1H3,(H3,29,32,36). The maximum atomic E-state index is 15.5. The number of likely N-dealkylation sites (N-methyl/N-ethyl adjacent to an activating group) is 1. The third-order valence-electron chi connectivity index (χ3n) is 7.14. The Morgan fingerprint density at radius 3 is 2.74 bits per heavy atom. The zero-order valence-corrected chi connectivity index (χ0v) is 22.0. The number of hydrogen-bond donors (Lipinski definition) is 2. The fourth-order valence-electron chi connectivity index (χ4n) is 4.84. The highest BCUT2D eigenvalue weighted by atomic mass is 32.1. The number of halogens is 1. The van der Waals surface area contributed by atoms with Gasteiger partial charge in [0.25, 0.3) is 0 Å². The number of nitrogens with one attached hydrogen (secondary N) is 1. The maximum Gasteiger partial charge on any atom is 0.316 e. The molecule has 0 radical (unpaired) electrons. The van der Waals surface area contributed by atoms with Crippen LogP contribution in [0.15, 0.2) is 43.0 Å². The predicted octanol–water partition coefficient (Wildman–Crippen LogP) is 4.71. The topological polar surface area (TPSA) is 102 Å². The van der Waals surface area contributed by atoms with Crippen LogP contribution in [0.5, 0.6) is 11.5 Å². The van der Waals surface area contributed by atoms with Crippen LogP contribution in [0.25, 0.3) is 20.8 Å². The van der Waals surface area contributed by atoms with E-state index in [0.717, 1.165) is 72.9 Å². The lowest BCUT2D eigenvalue weighted by Crippen LogP contribution is -2.45. The van der Waals surface area contributed by atoms with Crippen LogP contribution in [0.2, 0.25) is 0 Å². The molecule has 1 aromatic carbocycles. The van der Waals surface area contributed by atoms with Gasteiger partial charge in [0.05, 0.1) is 27.1 Å². The molecule has 198 valence electrons. The molecular formula is C27H30FN7O2S. The third kappa shape index (κ3) is 5.22. The molecule has 3 N–H and O–H groups in total. The van der Waals surface area contributed by atoms with Gasteiger partial charge in [-0.15, -0.1) is 11.3 Å². The van der Waals surface area contributed by atoms with Gasteiger partial charge in [-0.1, -0.05) is 0 Å². The summed E-state index contributed by atoms with van der Waals surface area (Å²) in [6.07, 6.45) is 7.32. The lowest BCUT2D eigenvalue weighted by atomic mass is 10.1. The van der Waals surface area contributed by atoms with Crippen molar-refractivity contribution in [2.75, 3.05) is 45.1 Å². The predicted molar refractivity (Wildman–Crippen MR) is 146 cm³/mol. The first kappa shape index (κ1) is 24.8. The SMILES string of the molecule is CN1CCN(CCn2cnc(-c3cc4nccc(Oc5ccc(NC(N)=O)c(C6CC6)c5F)c4s3)c2)CC1. The molecule has 9 nitrogen and oxygen atoms in total. The van der Waals surface area contributed by atoms with Crippen molar-refractivity contribution in [3.8, 4) is 22.1 Å². The molecule has 0 bridgehead atoms. The number of primary amides is 1. The van der Waals surface area contributed by atoms with E-state index in [2.05, 4.69) is 42.9 Å². The van der Waals surface area contributed by atoms with E-state index < -0.39 is 11.8 Å². The van der Waals surface area contributed by atoms with E-state index >= 15 is 4.39 Å². The summed E-state index contributed by atoms with van der Waals surface area (Å²) in [4.78, 5) is 26.3. The first-order valence-corrected chi connectivity index (χ1v) is 13.6. The molecule has 0 spiro atoms. The summed E-state index contributed by atoms with van der Waals surface area (Å²) in [7, 11) is 2.16. The second-order valence-electron chi connectivity index (χ2n) is 9.98. The first-order chi connectivity index (χ1) is 18.4. The average Bonchev–Trinajstić information content (AvgIpc) is 3.44. The largest absolute Gasteiger partial charge is 0.453 e. The van der Waals surface area contributed by atoms with Crippen molar-refractivity contribution in [2.24, 2.45) is 5.73 Å². The molecule has 11 heteroatoms. The minimum Gasteiger partial charge on any atom is -0.453 e. The van der Waals surface area contributed by atoms with Gasteiger partial charge in [-0.05, 0) is 44.0 Å². The fourth-order valence-corrected chi connectivity index (χ4v) is 5.87. The van der Waals surface area contributed by atoms with Gasteiger partial charge < -0.3 is 25.3 Å². The minimum atomic E-state index is -0.719. The maximum absolute atomic E-state index is 15.5. The number of thiophene rings is 1. The van der Waals surface area contributed by atoms with E-state index in [1.165, 1.54) is 17.4 Å². The van der Waals surface area contributed by atoms with Crippen molar-refractivity contribution in [1.82, 2.24) is 24.3 Å². The zero-order valence-electron chi connectivity index (χ0n) is 21.2. The van der Waals surface area contributed by atoms with Crippen LogP contribution < -0.4 is 15.8 Å². The summed E-state index contributed by atoms with van der Waals surface area (Å²) in [5.41, 5.74) is 7.76. The molecule has 2 amide bonds. The molecule has 1 saturated carbocycles. The Hall–Kier alpha value is -3.54. The second kappa shape index (κ2) is 10.3. The molecule has 1 aliphatic heterocycles. The summed E-state index contributed by atoms with van der Waals surface area (Å²) >= 11 is 1.52. The second-order valence-corrected chi connectivity index (χ2v) is 11.0. The Labute approximate surface area is 224 Å². The number of nitrogens with zero attached hydrogens (tertiary/aromatic N) is 5. The summed E-state index contributed by atoms with van der Waals surface area (Å²) in [5, 5.41) is 2.53. The number of aromatic nitrogens is 3. The molecule has 4 aromatic rings. The normalized spacial score (nSPS) is 16.7. The quantitative estimate of drug-likeness (QED) is 0.339. The molecular weight excluding hydrogens is 505 g/mol. The zero-order chi connectivity index (χ0) is 26.2. The number of ether oxygens (including phenoxy) is 1. The van der Waals surface area contributed by atoms with Gasteiger partial charge in [-0.2, -0.15) is 0 Å². The van der Waals surface area contributed by atoms with Crippen LogP contribution in [-0.4, -0.2) is 70.1 Å². The van der Waals surface area contributed by atoms with E-state index in [4.69, 9.17) is 10.5 Å². The molecule has 1 aliphatic carbocycles. The number of nitrogens with two attached hydrogens (primary N) is 1. The lowest BCUT2D eigenvalue weighted by molar-refractivity contribution is 0.150.